The van der Waals surface area contributed by atoms with Crippen LogP contribution in [0.3, 0.4) is 0 Å². The van der Waals surface area contributed by atoms with Crippen molar-refractivity contribution in [2.75, 3.05) is 7.05 Å². The number of aryl methyl sites for hydroxylation is 1. The van der Waals surface area contributed by atoms with Crippen LogP contribution in [-0.4, -0.2) is 27.8 Å². The van der Waals surface area contributed by atoms with Gasteiger partial charge in [-0.25, -0.2) is 4.98 Å². The standard InChI is InChI=1S/C14H14ClN3O/c1-10-4-3-5-12(17-10)9-18(2)14(19)11-6-7-13(15)16-8-11/h3-8H,9H2,1-2H3. The molecular weight excluding hydrogens is 262 g/mol. The molecule has 2 heterocycles. The van der Waals surface area contributed by atoms with Crippen LogP contribution in [0.4, 0.5) is 0 Å². The molecule has 2 aromatic heterocycles. The first-order chi connectivity index (χ1) is 9.06. The topological polar surface area (TPSA) is 46.1 Å². The van der Waals surface area contributed by atoms with Gasteiger partial charge < -0.3 is 4.90 Å². The highest BCUT2D eigenvalue weighted by atomic mass is 35.5. The van der Waals surface area contributed by atoms with Gasteiger partial charge in [-0.3, -0.25) is 9.78 Å². The second kappa shape index (κ2) is 5.80. The maximum Gasteiger partial charge on any atom is 0.255 e. The van der Waals surface area contributed by atoms with Gasteiger partial charge in [-0.1, -0.05) is 17.7 Å². The summed E-state index contributed by atoms with van der Waals surface area (Å²) in [6.45, 7) is 2.39. The molecule has 0 aliphatic rings. The molecule has 0 aliphatic carbocycles. The number of amides is 1. The van der Waals surface area contributed by atoms with Crippen molar-refractivity contribution in [2.24, 2.45) is 0 Å². The zero-order valence-electron chi connectivity index (χ0n) is 10.8. The summed E-state index contributed by atoms with van der Waals surface area (Å²) in [5, 5.41) is 0.375. The molecule has 4 nitrogen and oxygen atoms in total. The summed E-state index contributed by atoms with van der Waals surface area (Å²) in [6.07, 6.45) is 1.48. The van der Waals surface area contributed by atoms with Crippen molar-refractivity contribution in [1.29, 1.82) is 0 Å². The molecule has 0 spiro atoms. The smallest absolute Gasteiger partial charge is 0.255 e. The highest BCUT2D eigenvalue weighted by Crippen LogP contribution is 2.09. The van der Waals surface area contributed by atoms with Crippen molar-refractivity contribution in [3.63, 3.8) is 0 Å². The van der Waals surface area contributed by atoms with Gasteiger partial charge in [0.2, 0.25) is 0 Å². The van der Waals surface area contributed by atoms with Crippen LogP contribution in [0.15, 0.2) is 36.5 Å². The Morgan fingerprint density at radius 2 is 2.11 bits per heavy atom. The highest BCUT2D eigenvalue weighted by molar-refractivity contribution is 6.29. The summed E-state index contributed by atoms with van der Waals surface area (Å²) in [5.74, 6) is -0.104. The van der Waals surface area contributed by atoms with Gasteiger partial charge >= 0.3 is 0 Å². The van der Waals surface area contributed by atoms with Crippen LogP contribution in [0.25, 0.3) is 0 Å². The molecule has 5 heteroatoms. The van der Waals surface area contributed by atoms with E-state index in [-0.39, 0.29) is 5.91 Å². The lowest BCUT2D eigenvalue weighted by atomic mass is 10.2. The first-order valence-electron chi connectivity index (χ1n) is 5.86. The van der Waals surface area contributed by atoms with Crippen LogP contribution >= 0.6 is 11.6 Å². The third-order valence-electron chi connectivity index (χ3n) is 2.67. The molecule has 0 aromatic carbocycles. The molecule has 98 valence electrons. The van der Waals surface area contributed by atoms with Gasteiger partial charge in [0.15, 0.2) is 0 Å². The van der Waals surface area contributed by atoms with Gasteiger partial charge in [0.25, 0.3) is 5.91 Å². The van der Waals surface area contributed by atoms with Gasteiger partial charge in [-0.05, 0) is 31.2 Å². The molecule has 19 heavy (non-hydrogen) atoms. The lowest BCUT2D eigenvalue weighted by Crippen LogP contribution is -2.26. The summed E-state index contributed by atoms with van der Waals surface area (Å²) in [7, 11) is 1.74. The fourth-order valence-electron chi connectivity index (χ4n) is 1.73. The third-order valence-corrected chi connectivity index (χ3v) is 2.89. The summed E-state index contributed by atoms with van der Waals surface area (Å²) >= 11 is 5.70. The van der Waals surface area contributed by atoms with E-state index in [1.807, 2.05) is 25.1 Å². The molecule has 0 saturated carbocycles. The Kier molecular flexibility index (Phi) is 4.12. The maximum atomic E-state index is 12.2. The van der Waals surface area contributed by atoms with Crippen molar-refractivity contribution in [3.05, 3.63) is 58.6 Å². The zero-order valence-corrected chi connectivity index (χ0v) is 11.6. The van der Waals surface area contributed by atoms with Crippen LogP contribution in [0.5, 0.6) is 0 Å². The summed E-state index contributed by atoms with van der Waals surface area (Å²) in [4.78, 5) is 22.0. The molecule has 0 bridgehead atoms. The van der Waals surface area contributed by atoms with Crippen molar-refractivity contribution >= 4 is 17.5 Å². The predicted octanol–water partition coefficient (Wildman–Crippen LogP) is 2.71. The molecule has 0 fully saturated rings. The summed E-state index contributed by atoms with van der Waals surface area (Å²) in [5.41, 5.74) is 2.31. The number of carbonyl (C=O) groups is 1. The van der Waals surface area contributed by atoms with E-state index >= 15 is 0 Å². The predicted molar refractivity (Wildman–Crippen MR) is 74.0 cm³/mol. The lowest BCUT2D eigenvalue weighted by Gasteiger charge is -2.16. The molecule has 0 N–H and O–H groups in total. The molecule has 0 saturated heterocycles. The van der Waals surface area contributed by atoms with E-state index in [2.05, 4.69) is 9.97 Å². The first-order valence-corrected chi connectivity index (χ1v) is 6.23. The third kappa shape index (κ3) is 3.51. The largest absolute Gasteiger partial charge is 0.336 e. The molecule has 1 amide bonds. The number of pyridine rings is 2. The molecule has 0 aliphatic heterocycles. The highest BCUT2D eigenvalue weighted by Gasteiger charge is 2.12. The van der Waals surface area contributed by atoms with Crippen LogP contribution in [0, 0.1) is 6.92 Å². The minimum absolute atomic E-state index is 0.104. The molecule has 2 rings (SSSR count). The molecule has 0 radical (unpaired) electrons. The molecular formula is C14H14ClN3O. The summed E-state index contributed by atoms with van der Waals surface area (Å²) < 4.78 is 0. The van der Waals surface area contributed by atoms with E-state index in [9.17, 15) is 4.79 Å². The Morgan fingerprint density at radius 3 is 2.74 bits per heavy atom. The van der Waals surface area contributed by atoms with E-state index in [0.717, 1.165) is 11.4 Å². The van der Waals surface area contributed by atoms with E-state index in [0.29, 0.717) is 17.3 Å². The fourth-order valence-corrected chi connectivity index (χ4v) is 1.84. The Labute approximate surface area is 117 Å². The van der Waals surface area contributed by atoms with Crippen molar-refractivity contribution < 1.29 is 4.79 Å². The van der Waals surface area contributed by atoms with Crippen LogP contribution in [0.1, 0.15) is 21.7 Å². The maximum absolute atomic E-state index is 12.2. The Balaban J connectivity index is 2.09. The number of halogens is 1. The van der Waals surface area contributed by atoms with Crippen LogP contribution in [0.2, 0.25) is 5.15 Å². The number of nitrogens with zero attached hydrogens (tertiary/aromatic N) is 3. The van der Waals surface area contributed by atoms with E-state index in [4.69, 9.17) is 11.6 Å². The molecule has 0 unspecified atom stereocenters. The Morgan fingerprint density at radius 1 is 1.32 bits per heavy atom. The monoisotopic (exact) mass is 275 g/mol. The van der Waals surface area contributed by atoms with Gasteiger partial charge in [-0.2, -0.15) is 0 Å². The van der Waals surface area contributed by atoms with Gasteiger partial charge in [0.1, 0.15) is 5.15 Å². The quantitative estimate of drug-likeness (QED) is 0.809. The SMILES string of the molecule is Cc1cccc(CN(C)C(=O)c2ccc(Cl)nc2)n1. The van der Waals surface area contributed by atoms with Gasteiger partial charge in [0, 0.05) is 18.9 Å². The minimum atomic E-state index is -0.104. The number of aromatic nitrogens is 2. The summed E-state index contributed by atoms with van der Waals surface area (Å²) in [6, 6.07) is 9.02. The van der Waals surface area contributed by atoms with E-state index < -0.39 is 0 Å². The second-order valence-corrected chi connectivity index (χ2v) is 4.69. The lowest BCUT2D eigenvalue weighted by molar-refractivity contribution is 0.0783. The average Bonchev–Trinajstić information content (AvgIpc) is 2.39. The minimum Gasteiger partial charge on any atom is -0.336 e. The number of carbonyl (C=O) groups excluding carboxylic acids is 1. The normalized spacial score (nSPS) is 10.3. The van der Waals surface area contributed by atoms with Crippen molar-refractivity contribution in [1.82, 2.24) is 14.9 Å². The van der Waals surface area contributed by atoms with E-state index in [1.54, 1.807) is 24.1 Å². The van der Waals surface area contributed by atoms with Crippen LogP contribution < -0.4 is 0 Å². The zero-order chi connectivity index (χ0) is 13.8. The molecule has 2 aromatic rings. The number of hydrogen-bond donors (Lipinski definition) is 0. The van der Waals surface area contributed by atoms with Crippen molar-refractivity contribution in [3.8, 4) is 0 Å². The fraction of sp³-hybridized carbons (Fsp3) is 0.214. The van der Waals surface area contributed by atoms with Crippen LogP contribution in [-0.2, 0) is 6.54 Å². The number of hydrogen-bond acceptors (Lipinski definition) is 3. The Bertz CT molecular complexity index is 583. The second-order valence-electron chi connectivity index (χ2n) is 4.30. The Hall–Kier alpha value is -1.94. The molecule has 0 atom stereocenters. The van der Waals surface area contributed by atoms with Crippen molar-refractivity contribution in [2.45, 2.75) is 13.5 Å². The van der Waals surface area contributed by atoms with Gasteiger partial charge in [-0.15, -0.1) is 0 Å². The van der Waals surface area contributed by atoms with E-state index in [1.165, 1.54) is 6.20 Å². The first kappa shape index (κ1) is 13.5. The number of rotatable bonds is 3. The average molecular weight is 276 g/mol. The van der Waals surface area contributed by atoms with Gasteiger partial charge in [0.05, 0.1) is 17.8 Å².